The van der Waals surface area contributed by atoms with Gasteiger partial charge in [0.1, 0.15) is 5.82 Å². The van der Waals surface area contributed by atoms with E-state index in [4.69, 9.17) is 0 Å². The van der Waals surface area contributed by atoms with Gasteiger partial charge in [-0.1, -0.05) is 12.1 Å². The van der Waals surface area contributed by atoms with Crippen LogP contribution < -0.4 is 10.2 Å². The Labute approximate surface area is 134 Å². The van der Waals surface area contributed by atoms with Gasteiger partial charge in [-0.25, -0.2) is 9.37 Å². The molecule has 1 atom stereocenters. The van der Waals surface area contributed by atoms with Crippen LogP contribution in [0.1, 0.15) is 16.5 Å². The minimum Gasteiger partial charge on any atom is -0.387 e. The van der Waals surface area contributed by atoms with Gasteiger partial charge in [0.25, 0.3) is 0 Å². The first-order valence-electron chi connectivity index (χ1n) is 6.32. The Kier molecular flexibility index (Phi) is 7.04. The minimum absolute atomic E-state index is 0. The van der Waals surface area contributed by atoms with E-state index in [-0.39, 0.29) is 18.2 Å². The monoisotopic (exact) mass is 331 g/mol. The minimum atomic E-state index is -0.642. The second-order valence-electron chi connectivity index (χ2n) is 4.70. The van der Waals surface area contributed by atoms with Gasteiger partial charge in [-0.2, -0.15) is 0 Å². The Morgan fingerprint density at radius 2 is 2.00 bits per heavy atom. The summed E-state index contributed by atoms with van der Waals surface area (Å²) in [5.41, 5.74) is 0.706. The smallest absolute Gasteiger partial charge is 0.185 e. The highest BCUT2D eigenvalue weighted by Gasteiger charge is 2.08. The zero-order valence-corrected chi connectivity index (χ0v) is 13.5. The number of aromatic nitrogens is 1. The molecule has 0 aliphatic heterocycles. The summed E-state index contributed by atoms with van der Waals surface area (Å²) in [5.74, 6) is -0.296. The standard InChI is InChI=1S/C14H18FN3OS.ClH/c1-18(2)14-17-8-12(20-14)7-16-9-13(19)10-3-5-11(15)6-4-10;/h3-6,8,13,16,19H,7,9H2,1-2H3;1H. The van der Waals surface area contributed by atoms with Gasteiger partial charge in [-0.05, 0) is 17.7 Å². The van der Waals surface area contributed by atoms with E-state index in [9.17, 15) is 9.50 Å². The molecular weight excluding hydrogens is 313 g/mol. The molecule has 4 nitrogen and oxygen atoms in total. The number of aliphatic hydroxyl groups is 1. The summed E-state index contributed by atoms with van der Waals surface area (Å²) < 4.78 is 12.8. The third kappa shape index (κ3) is 5.24. The van der Waals surface area contributed by atoms with Gasteiger partial charge < -0.3 is 15.3 Å². The molecule has 2 aromatic rings. The van der Waals surface area contributed by atoms with E-state index in [2.05, 4.69) is 10.3 Å². The van der Waals surface area contributed by atoms with Crippen molar-refractivity contribution in [3.8, 4) is 0 Å². The van der Waals surface area contributed by atoms with Crippen LogP contribution in [0.4, 0.5) is 9.52 Å². The number of aliphatic hydroxyl groups excluding tert-OH is 1. The van der Waals surface area contributed by atoms with Crippen LogP contribution in [-0.4, -0.2) is 30.7 Å². The van der Waals surface area contributed by atoms with E-state index >= 15 is 0 Å². The average Bonchev–Trinajstić information content (AvgIpc) is 2.88. The van der Waals surface area contributed by atoms with Crippen LogP contribution in [0, 0.1) is 5.82 Å². The molecule has 2 rings (SSSR count). The number of rotatable bonds is 6. The number of thiazole rings is 1. The molecule has 1 unspecified atom stereocenters. The summed E-state index contributed by atoms with van der Waals surface area (Å²) in [6.07, 6.45) is 1.19. The van der Waals surface area contributed by atoms with E-state index in [0.717, 1.165) is 10.0 Å². The number of anilines is 1. The maximum absolute atomic E-state index is 12.8. The van der Waals surface area contributed by atoms with Gasteiger partial charge in [0.15, 0.2) is 5.13 Å². The SMILES string of the molecule is CN(C)c1ncc(CNCC(O)c2ccc(F)cc2)s1.Cl. The van der Waals surface area contributed by atoms with Crippen molar-refractivity contribution >= 4 is 28.9 Å². The molecule has 0 fully saturated rings. The number of hydrogen-bond donors (Lipinski definition) is 2. The number of nitrogens with one attached hydrogen (secondary N) is 1. The van der Waals surface area contributed by atoms with Gasteiger partial charge >= 0.3 is 0 Å². The summed E-state index contributed by atoms with van der Waals surface area (Å²) in [7, 11) is 3.91. The van der Waals surface area contributed by atoms with Gasteiger partial charge in [-0.3, -0.25) is 0 Å². The zero-order valence-electron chi connectivity index (χ0n) is 11.9. The number of halogens is 2. The van der Waals surface area contributed by atoms with Crippen LogP contribution in [0.5, 0.6) is 0 Å². The molecule has 0 radical (unpaired) electrons. The topological polar surface area (TPSA) is 48.4 Å². The molecule has 116 valence electrons. The lowest BCUT2D eigenvalue weighted by Gasteiger charge is -2.11. The lowest BCUT2D eigenvalue weighted by atomic mass is 10.1. The molecule has 0 aliphatic rings. The summed E-state index contributed by atoms with van der Waals surface area (Å²) in [6, 6.07) is 5.90. The highest BCUT2D eigenvalue weighted by molar-refractivity contribution is 7.15. The molecule has 0 saturated heterocycles. The molecule has 2 N–H and O–H groups in total. The van der Waals surface area contributed by atoms with Crippen molar-refractivity contribution in [2.24, 2.45) is 0 Å². The fraction of sp³-hybridized carbons (Fsp3) is 0.357. The molecule has 0 aliphatic carbocycles. The van der Waals surface area contributed by atoms with Crippen LogP contribution in [-0.2, 0) is 6.54 Å². The zero-order chi connectivity index (χ0) is 14.5. The van der Waals surface area contributed by atoms with Gasteiger partial charge in [-0.15, -0.1) is 23.7 Å². The lowest BCUT2D eigenvalue weighted by Crippen LogP contribution is -2.20. The predicted molar refractivity (Wildman–Crippen MR) is 86.8 cm³/mol. The molecule has 21 heavy (non-hydrogen) atoms. The molecule has 0 bridgehead atoms. The fourth-order valence-corrected chi connectivity index (χ4v) is 2.52. The maximum Gasteiger partial charge on any atom is 0.185 e. The number of benzene rings is 1. The highest BCUT2D eigenvalue weighted by Crippen LogP contribution is 2.20. The molecule has 0 saturated carbocycles. The van der Waals surface area contributed by atoms with E-state index in [0.29, 0.717) is 18.7 Å². The quantitative estimate of drug-likeness (QED) is 0.854. The fourth-order valence-electron chi connectivity index (χ4n) is 1.72. The van der Waals surface area contributed by atoms with E-state index in [1.165, 1.54) is 12.1 Å². The largest absolute Gasteiger partial charge is 0.387 e. The van der Waals surface area contributed by atoms with Crippen molar-refractivity contribution in [2.45, 2.75) is 12.6 Å². The highest BCUT2D eigenvalue weighted by atomic mass is 35.5. The summed E-state index contributed by atoms with van der Waals surface area (Å²) in [4.78, 5) is 7.35. The van der Waals surface area contributed by atoms with E-state index < -0.39 is 6.10 Å². The van der Waals surface area contributed by atoms with Crippen molar-refractivity contribution in [3.05, 3.63) is 46.7 Å². The second-order valence-corrected chi connectivity index (χ2v) is 5.80. The summed E-state index contributed by atoms with van der Waals surface area (Å²) in [5, 5.41) is 14.1. The summed E-state index contributed by atoms with van der Waals surface area (Å²) >= 11 is 1.61. The lowest BCUT2D eigenvalue weighted by molar-refractivity contribution is 0.174. The first kappa shape index (κ1) is 17.8. The number of hydrogen-bond acceptors (Lipinski definition) is 5. The molecule has 7 heteroatoms. The van der Waals surface area contributed by atoms with Crippen molar-refractivity contribution in [2.75, 3.05) is 25.5 Å². The van der Waals surface area contributed by atoms with Crippen molar-refractivity contribution in [1.29, 1.82) is 0 Å². The maximum atomic E-state index is 12.8. The summed E-state index contributed by atoms with van der Waals surface area (Å²) in [6.45, 7) is 1.07. The predicted octanol–water partition coefficient (Wildman–Crippen LogP) is 2.59. The second kappa shape index (κ2) is 8.29. The van der Waals surface area contributed by atoms with Crippen LogP contribution >= 0.6 is 23.7 Å². The van der Waals surface area contributed by atoms with Crippen LogP contribution in [0.2, 0.25) is 0 Å². The van der Waals surface area contributed by atoms with Gasteiger partial charge in [0.05, 0.1) is 6.10 Å². The van der Waals surface area contributed by atoms with E-state index in [1.54, 1.807) is 23.5 Å². The van der Waals surface area contributed by atoms with Crippen molar-refractivity contribution < 1.29 is 9.50 Å². The van der Waals surface area contributed by atoms with Crippen molar-refractivity contribution in [3.63, 3.8) is 0 Å². The van der Waals surface area contributed by atoms with E-state index in [1.807, 2.05) is 25.2 Å². The molecule has 1 aromatic heterocycles. The Morgan fingerprint density at radius 3 is 2.57 bits per heavy atom. The molecule has 1 aromatic carbocycles. The van der Waals surface area contributed by atoms with Crippen LogP contribution in [0.15, 0.2) is 30.5 Å². The molecule has 0 amide bonds. The average molecular weight is 332 g/mol. The first-order chi connectivity index (χ1) is 9.56. The molecule has 1 heterocycles. The Balaban J connectivity index is 0.00000220. The van der Waals surface area contributed by atoms with Crippen LogP contribution in [0.25, 0.3) is 0 Å². The molecule has 0 spiro atoms. The Morgan fingerprint density at radius 1 is 1.33 bits per heavy atom. The normalized spacial score (nSPS) is 11.8. The first-order valence-corrected chi connectivity index (χ1v) is 7.14. The Bertz CT molecular complexity index is 547. The third-order valence-corrected chi connectivity index (χ3v) is 3.98. The van der Waals surface area contributed by atoms with Crippen LogP contribution in [0.3, 0.4) is 0 Å². The Hall–Kier alpha value is -1.21. The molecular formula is C14H19ClFN3OS. The third-order valence-electron chi connectivity index (χ3n) is 2.82. The van der Waals surface area contributed by atoms with Gasteiger partial charge in [0, 0.05) is 38.3 Å². The number of nitrogens with zero attached hydrogens (tertiary/aromatic N) is 2. The van der Waals surface area contributed by atoms with Gasteiger partial charge in [0.2, 0.25) is 0 Å². The van der Waals surface area contributed by atoms with Crippen molar-refractivity contribution in [1.82, 2.24) is 10.3 Å².